The number of carbonyl (C=O) groups excluding carboxylic acids is 1. The van der Waals surface area contributed by atoms with Crippen molar-refractivity contribution < 1.29 is 4.79 Å². The molecule has 1 fully saturated rings. The molecular formula is C17H30N4O. The molecule has 0 radical (unpaired) electrons. The zero-order valence-electron chi connectivity index (χ0n) is 14.6. The highest BCUT2D eigenvalue weighted by Crippen LogP contribution is 2.27. The first-order chi connectivity index (χ1) is 10.3. The Labute approximate surface area is 133 Å². The van der Waals surface area contributed by atoms with Crippen molar-refractivity contribution in [3.63, 3.8) is 0 Å². The lowest BCUT2D eigenvalue weighted by Crippen LogP contribution is -2.43. The second kappa shape index (κ2) is 6.41. The zero-order valence-corrected chi connectivity index (χ0v) is 14.6. The minimum atomic E-state index is -0.106. The molecular weight excluding hydrogens is 276 g/mol. The fourth-order valence-electron chi connectivity index (χ4n) is 3.08. The lowest BCUT2D eigenvalue weighted by atomic mass is 9.81. The Morgan fingerprint density at radius 2 is 2.05 bits per heavy atom. The SMILES string of the molecule is CCc1c(C(=O)NCC2(C)CCNCC2)cnn1C(C)(C)C. The summed E-state index contributed by atoms with van der Waals surface area (Å²) in [6.45, 7) is 13.5. The molecule has 0 unspecified atom stereocenters. The van der Waals surface area contributed by atoms with Crippen LogP contribution in [0.3, 0.4) is 0 Å². The summed E-state index contributed by atoms with van der Waals surface area (Å²) >= 11 is 0. The third kappa shape index (κ3) is 3.69. The monoisotopic (exact) mass is 306 g/mol. The molecule has 0 aromatic carbocycles. The van der Waals surface area contributed by atoms with Gasteiger partial charge in [-0.1, -0.05) is 13.8 Å². The summed E-state index contributed by atoms with van der Waals surface area (Å²) in [7, 11) is 0. The standard InChI is InChI=1S/C17H30N4O/c1-6-14-13(11-20-21(14)16(2,3)4)15(22)19-12-17(5)7-9-18-10-8-17/h11,18H,6-10,12H2,1-5H3,(H,19,22). The van der Waals surface area contributed by atoms with Crippen LogP contribution in [-0.4, -0.2) is 35.3 Å². The molecule has 124 valence electrons. The summed E-state index contributed by atoms with van der Waals surface area (Å²) in [6.07, 6.45) is 4.73. The molecule has 0 bridgehead atoms. The first-order valence-electron chi connectivity index (χ1n) is 8.33. The Kier molecular flexibility index (Phi) is 4.95. The van der Waals surface area contributed by atoms with Gasteiger partial charge in [0.2, 0.25) is 0 Å². The number of nitrogens with zero attached hydrogens (tertiary/aromatic N) is 2. The fraction of sp³-hybridized carbons (Fsp3) is 0.765. The summed E-state index contributed by atoms with van der Waals surface area (Å²) in [5.41, 5.74) is 1.83. The van der Waals surface area contributed by atoms with E-state index in [1.54, 1.807) is 6.20 Å². The topological polar surface area (TPSA) is 59.0 Å². The van der Waals surface area contributed by atoms with Gasteiger partial charge >= 0.3 is 0 Å². The van der Waals surface area contributed by atoms with Gasteiger partial charge in [-0.15, -0.1) is 0 Å². The van der Waals surface area contributed by atoms with Crippen molar-refractivity contribution in [2.75, 3.05) is 19.6 Å². The van der Waals surface area contributed by atoms with Crippen molar-refractivity contribution in [2.45, 2.75) is 59.4 Å². The molecule has 0 saturated carbocycles. The minimum Gasteiger partial charge on any atom is -0.351 e. The lowest BCUT2D eigenvalue weighted by molar-refractivity contribution is 0.0921. The second-order valence-corrected chi connectivity index (χ2v) is 7.68. The van der Waals surface area contributed by atoms with E-state index in [0.29, 0.717) is 0 Å². The Balaban J connectivity index is 2.08. The number of aromatic nitrogens is 2. The van der Waals surface area contributed by atoms with Crippen LogP contribution in [0.15, 0.2) is 6.20 Å². The van der Waals surface area contributed by atoms with Crippen LogP contribution in [0.4, 0.5) is 0 Å². The number of rotatable bonds is 4. The van der Waals surface area contributed by atoms with Gasteiger partial charge in [0, 0.05) is 6.54 Å². The summed E-state index contributed by atoms with van der Waals surface area (Å²) in [5, 5.41) is 10.9. The molecule has 5 nitrogen and oxygen atoms in total. The third-order valence-electron chi connectivity index (χ3n) is 4.57. The molecule has 1 amide bonds. The molecule has 1 saturated heterocycles. The van der Waals surface area contributed by atoms with Gasteiger partial charge in [-0.05, 0) is 58.5 Å². The highest BCUT2D eigenvalue weighted by Gasteiger charge is 2.28. The number of piperidine rings is 1. The quantitative estimate of drug-likeness (QED) is 0.897. The summed E-state index contributed by atoms with van der Waals surface area (Å²) in [5.74, 6) is 0.00658. The van der Waals surface area contributed by atoms with Crippen LogP contribution in [0, 0.1) is 5.41 Å². The van der Waals surface area contributed by atoms with Gasteiger partial charge in [-0.25, -0.2) is 0 Å². The van der Waals surface area contributed by atoms with Crippen LogP contribution in [0.5, 0.6) is 0 Å². The van der Waals surface area contributed by atoms with E-state index in [1.165, 1.54) is 0 Å². The minimum absolute atomic E-state index is 0.00658. The average molecular weight is 306 g/mol. The van der Waals surface area contributed by atoms with Gasteiger partial charge in [-0.2, -0.15) is 5.10 Å². The van der Waals surface area contributed by atoms with Crippen LogP contribution in [-0.2, 0) is 12.0 Å². The molecule has 2 N–H and O–H groups in total. The molecule has 1 aromatic heterocycles. The van der Waals surface area contributed by atoms with Gasteiger partial charge < -0.3 is 10.6 Å². The molecule has 1 aromatic rings. The van der Waals surface area contributed by atoms with E-state index < -0.39 is 0 Å². The van der Waals surface area contributed by atoms with Crippen molar-refractivity contribution in [3.8, 4) is 0 Å². The predicted octanol–water partition coefficient (Wildman–Crippen LogP) is 2.32. The van der Waals surface area contributed by atoms with E-state index in [-0.39, 0.29) is 16.9 Å². The Hall–Kier alpha value is -1.36. The highest BCUT2D eigenvalue weighted by atomic mass is 16.1. The van der Waals surface area contributed by atoms with Gasteiger partial charge in [-0.3, -0.25) is 9.48 Å². The molecule has 0 atom stereocenters. The molecule has 1 aliphatic rings. The highest BCUT2D eigenvalue weighted by molar-refractivity contribution is 5.95. The Morgan fingerprint density at radius 1 is 1.41 bits per heavy atom. The first kappa shape index (κ1) is 17.0. The van der Waals surface area contributed by atoms with E-state index in [9.17, 15) is 4.79 Å². The molecule has 0 spiro atoms. The summed E-state index contributed by atoms with van der Waals surface area (Å²) in [6, 6.07) is 0. The van der Waals surface area contributed by atoms with Gasteiger partial charge in [0.25, 0.3) is 5.91 Å². The Morgan fingerprint density at radius 3 is 2.59 bits per heavy atom. The maximum Gasteiger partial charge on any atom is 0.254 e. The largest absolute Gasteiger partial charge is 0.351 e. The third-order valence-corrected chi connectivity index (χ3v) is 4.57. The van der Waals surface area contributed by atoms with Crippen LogP contribution in [0.2, 0.25) is 0 Å². The van der Waals surface area contributed by atoms with Gasteiger partial charge in [0.15, 0.2) is 0 Å². The van der Waals surface area contributed by atoms with Crippen molar-refractivity contribution in [2.24, 2.45) is 5.41 Å². The maximum atomic E-state index is 12.6. The number of hydrogen-bond acceptors (Lipinski definition) is 3. The molecule has 0 aliphatic carbocycles. The summed E-state index contributed by atoms with van der Waals surface area (Å²) < 4.78 is 1.97. The molecule has 22 heavy (non-hydrogen) atoms. The van der Waals surface area contributed by atoms with E-state index in [4.69, 9.17) is 0 Å². The zero-order chi connectivity index (χ0) is 16.4. The number of amides is 1. The number of hydrogen-bond donors (Lipinski definition) is 2. The van der Waals surface area contributed by atoms with Crippen LogP contribution in [0.25, 0.3) is 0 Å². The lowest BCUT2D eigenvalue weighted by Gasteiger charge is -2.34. The van der Waals surface area contributed by atoms with Crippen LogP contribution in [0.1, 0.15) is 63.5 Å². The molecule has 1 aliphatic heterocycles. The molecule has 5 heteroatoms. The summed E-state index contributed by atoms with van der Waals surface area (Å²) in [4.78, 5) is 12.6. The van der Waals surface area contributed by atoms with E-state index >= 15 is 0 Å². The van der Waals surface area contributed by atoms with Crippen molar-refractivity contribution in [1.82, 2.24) is 20.4 Å². The van der Waals surface area contributed by atoms with Crippen molar-refractivity contribution in [1.29, 1.82) is 0 Å². The van der Waals surface area contributed by atoms with Crippen molar-refractivity contribution >= 4 is 5.91 Å². The normalized spacial score (nSPS) is 18.2. The predicted molar refractivity (Wildman–Crippen MR) is 89.1 cm³/mol. The van der Waals surface area contributed by atoms with E-state index in [2.05, 4.69) is 50.4 Å². The van der Waals surface area contributed by atoms with Gasteiger partial charge in [0.1, 0.15) is 0 Å². The first-order valence-corrected chi connectivity index (χ1v) is 8.33. The van der Waals surface area contributed by atoms with Gasteiger partial charge in [0.05, 0.1) is 23.0 Å². The van der Waals surface area contributed by atoms with E-state index in [0.717, 1.165) is 50.2 Å². The van der Waals surface area contributed by atoms with Crippen molar-refractivity contribution in [3.05, 3.63) is 17.5 Å². The molecule has 2 rings (SSSR count). The smallest absolute Gasteiger partial charge is 0.254 e. The maximum absolute atomic E-state index is 12.6. The number of nitrogens with one attached hydrogen (secondary N) is 2. The number of carbonyl (C=O) groups is 1. The molecule has 2 heterocycles. The van der Waals surface area contributed by atoms with Crippen LogP contribution >= 0.6 is 0 Å². The van der Waals surface area contributed by atoms with Crippen LogP contribution < -0.4 is 10.6 Å². The second-order valence-electron chi connectivity index (χ2n) is 7.68. The fourth-order valence-corrected chi connectivity index (χ4v) is 3.08. The Bertz CT molecular complexity index is 521. The van der Waals surface area contributed by atoms with E-state index in [1.807, 2.05) is 4.68 Å². The average Bonchev–Trinajstić information content (AvgIpc) is 2.89.